The van der Waals surface area contributed by atoms with E-state index < -0.39 is 23.6 Å². The highest BCUT2D eigenvalue weighted by atomic mass is 19.1. The first-order chi connectivity index (χ1) is 13.5. The van der Waals surface area contributed by atoms with E-state index in [0.29, 0.717) is 18.0 Å². The molecular weight excluding hydrogens is 362 g/mol. The number of halogens is 2. The number of benzene rings is 1. The minimum Gasteiger partial charge on any atom is -0.351 e. The maximum Gasteiger partial charge on any atom is 0.244 e. The summed E-state index contributed by atoms with van der Waals surface area (Å²) in [5, 5.41) is 5.36. The first-order valence-corrected chi connectivity index (χ1v) is 9.80. The van der Waals surface area contributed by atoms with Crippen molar-refractivity contribution in [3.05, 3.63) is 59.7 Å². The highest BCUT2D eigenvalue weighted by Gasteiger charge is 2.21. The van der Waals surface area contributed by atoms with Crippen molar-refractivity contribution in [1.82, 2.24) is 10.6 Å². The maximum atomic E-state index is 13.5. The van der Waals surface area contributed by atoms with Crippen molar-refractivity contribution in [2.24, 2.45) is 5.92 Å². The largest absolute Gasteiger partial charge is 0.351 e. The lowest BCUT2D eigenvalue weighted by Crippen LogP contribution is -2.47. The lowest BCUT2D eigenvalue weighted by molar-refractivity contribution is -0.126. The van der Waals surface area contributed by atoms with Crippen molar-refractivity contribution >= 4 is 11.8 Å². The number of carbonyl (C=O) groups excluding carboxylic acids is 2. The fraction of sp³-hybridized carbons (Fsp3) is 0.455. The Balaban J connectivity index is 2.04. The summed E-state index contributed by atoms with van der Waals surface area (Å²) in [6.45, 7) is 2.15. The molecule has 0 heterocycles. The Kier molecular flexibility index (Phi) is 8.85. The molecular formula is C22H28F2N2O2. The first kappa shape index (κ1) is 21.8. The van der Waals surface area contributed by atoms with E-state index in [1.165, 1.54) is 24.6 Å². The van der Waals surface area contributed by atoms with Gasteiger partial charge in [0.1, 0.15) is 17.7 Å². The van der Waals surface area contributed by atoms with Crippen molar-refractivity contribution in [2.75, 3.05) is 6.54 Å². The monoisotopic (exact) mass is 390 g/mol. The van der Waals surface area contributed by atoms with Crippen LogP contribution in [0.1, 0.15) is 44.6 Å². The Morgan fingerprint density at radius 3 is 2.46 bits per heavy atom. The van der Waals surface area contributed by atoms with Gasteiger partial charge in [-0.1, -0.05) is 37.5 Å². The van der Waals surface area contributed by atoms with Gasteiger partial charge in [0.2, 0.25) is 11.8 Å². The molecule has 0 aliphatic heterocycles. The zero-order chi connectivity index (χ0) is 20.4. The third kappa shape index (κ3) is 7.62. The Hall–Kier alpha value is -2.50. The second-order valence-electron chi connectivity index (χ2n) is 7.11. The molecule has 1 atom stereocenters. The molecule has 1 aliphatic carbocycles. The molecule has 1 unspecified atom stereocenters. The van der Waals surface area contributed by atoms with Crippen LogP contribution in [0, 0.1) is 17.6 Å². The number of nitrogens with one attached hydrogen (secondary N) is 2. The Morgan fingerprint density at radius 2 is 1.82 bits per heavy atom. The second kappa shape index (κ2) is 11.4. The van der Waals surface area contributed by atoms with E-state index >= 15 is 0 Å². The van der Waals surface area contributed by atoms with Gasteiger partial charge in [-0.3, -0.25) is 9.59 Å². The first-order valence-electron chi connectivity index (χ1n) is 9.80. The fourth-order valence-corrected chi connectivity index (χ4v) is 3.34. The van der Waals surface area contributed by atoms with Crippen LogP contribution in [0.15, 0.2) is 42.5 Å². The average Bonchev–Trinajstić information content (AvgIpc) is 2.66. The predicted octanol–water partition coefficient (Wildman–Crippen LogP) is 3.82. The molecule has 2 N–H and O–H groups in total. The van der Waals surface area contributed by atoms with Gasteiger partial charge in [0.15, 0.2) is 0 Å². The molecule has 6 heteroatoms. The van der Waals surface area contributed by atoms with E-state index in [4.69, 9.17) is 0 Å². The summed E-state index contributed by atoms with van der Waals surface area (Å²) in [7, 11) is 0. The van der Waals surface area contributed by atoms with Crippen molar-refractivity contribution in [1.29, 1.82) is 0 Å². The lowest BCUT2D eigenvalue weighted by Gasteiger charge is -2.19. The van der Waals surface area contributed by atoms with Gasteiger partial charge >= 0.3 is 0 Å². The maximum absolute atomic E-state index is 13.5. The normalized spacial score (nSPS) is 16.4. The van der Waals surface area contributed by atoms with E-state index in [0.717, 1.165) is 31.7 Å². The zero-order valence-electron chi connectivity index (χ0n) is 16.2. The number of rotatable bonds is 8. The van der Waals surface area contributed by atoms with Crippen LogP contribution in [-0.4, -0.2) is 24.4 Å². The van der Waals surface area contributed by atoms with Crippen molar-refractivity contribution in [2.45, 2.75) is 51.5 Å². The summed E-state index contributed by atoms with van der Waals surface area (Å²) >= 11 is 0. The van der Waals surface area contributed by atoms with Crippen LogP contribution in [0.2, 0.25) is 0 Å². The molecule has 0 saturated heterocycles. The smallest absolute Gasteiger partial charge is 0.244 e. The Morgan fingerprint density at radius 1 is 1.14 bits per heavy atom. The van der Waals surface area contributed by atoms with Crippen LogP contribution in [-0.2, 0) is 16.0 Å². The van der Waals surface area contributed by atoms with E-state index in [-0.39, 0.29) is 12.3 Å². The molecule has 1 aromatic carbocycles. The third-order valence-electron chi connectivity index (χ3n) is 4.79. The summed E-state index contributed by atoms with van der Waals surface area (Å²) in [5.41, 5.74) is 0.306. The molecule has 1 aromatic rings. The van der Waals surface area contributed by atoms with E-state index in [1.54, 1.807) is 12.2 Å². The summed E-state index contributed by atoms with van der Waals surface area (Å²) < 4.78 is 26.9. The molecule has 4 nitrogen and oxygen atoms in total. The second-order valence-corrected chi connectivity index (χ2v) is 7.11. The Labute approximate surface area is 165 Å². The topological polar surface area (TPSA) is 58.2 Å². The fourth-order valence-electron chi connectivity index (χ4n) is 3.34. The van der Waals surface area contributed by atoms with Crippen molar-refractivity contribution < 1.29 is 18.4 Å². The van der Waals surface area contributed by atoms with E-state index in [9.17, 15) is 18.4 Å². The Bertz CT molecular complexity index is 705. The highest BCUT2D eigenvalue weighted by molar-refractivity contribution is 5.93. The van der Waals surface area contributed by atoms with Crippen LogP contribution >= 0.6 is 0 Å². The van der Waals surface area contributed by atoms with Gasteiger partial charge in [0.05, 0.1) is 0 Å². The third-order valence-corrected chi connectivity index (χ3v) is 4.79. The number of hydrogen-bond acceptors (Lipinski definition) is 2. The van der Waals surface area contributed by atoms with Gasteiger partial charge in [-0.15, -0.1) is 0 Å². The average molecular weight is 390 g/mol. The van der Waals surface area contributed by atoms with Crippen molar-refractivity contribution in [3.8, 4) is 0 Å². The van der Waals surface area contributed by atoms with Crippen LogP contribution in [0.5, 0.6) is 0 Å². The van der Waals surface area contributed by atoms with Gasteiger partial charge < -0.3 is 10.6 Å². The molecule has 0 spiro atoms. The van der Waals surface area contributed by atoms with Gasteiger partial charge in [0, 0.05) is 19.0 Å². The molecule has 0 aromatic heterocycles. The van der Waals surface area contributed by atoms with Crippen LogP contribution in [0.25, 0.3) is 0 Å². The number of hydrogen-bond donors (Lipinski definition) is 2. The number of amides is 2. The molecule has 1 aliphatic rings. The summed E-state index contributed by atoms with van der Waals surface area (Å²) in [6, 6.07) is 2.18. The highest BCUT2D eigenvalue weighted by Crippen LogP contribution is 2.24. The van der Waals surface area contributed by atoms with Gasteiger partial charge in [-0.2, -0.15) is 0 Å². The zero-order valence-corrected chi connectivity index (χ0v) is 16.2. The van der Waals surface area contributed by atoms with Crippen LogP contribution < -0.4 is 10.6 Å². The molecule has 152 valence electrons. The summed E-state index contributed by atoms with van der Waals surface area (Å²) in [4.78, 5) is 24.8. The van der Waals surface area contributed by atoms with Gasteiger partial charge in [-0.05, 0) is 49.5 Å². The van der Waals surface area contributed by atoms with Crippen LogP contribution in [0.4, 0.5) is 8.78 Å². The van der Waals surface area contributed by atoms with E-state index in [2.05, 4.69) is 10.6 Å². The minimum absolute atomic E-state index is 0.000634. The number of allylic oxidation sites excluding steroid dienone is 2. The standard InChI is InChI=1S/C22H28F2N2O2/c1-2-3-11-25-22(28)20(14-17-12-18(23)15-19(24)13-17)26-21(27)10-9-16-7-5-4-6-8-16/h2-3,9-10,12-13,15-16,20H,4-8,11,14H2,1H3,(H,25,28)(H,26,27)/b3-2+,10-9+. The van der Waals surface area contributed by atoms with Gasteiger partial charge in [-0.25, -0.2) is 8.78 Å². The molecule has 1 saturated carbocycles. The predicted molar refractivity (Wildman–Crippen MR) is 106 cm³/mol. The molecule has 0 bridgehead atoms. The molecule has 0 radical (unpaired) electrons. The molecule has 1 fully saturated rings. The van der Waals surface area contributed by atoms with Crippen LogP contribution in [0.3, 0.4) is 0 Å². The van der Waals surface area contributed by atoms with Gasteiger partial charge in [0.25, 0.3) is 0 Å². The summed E-state index contributed by atoms with van der Waals surface area (Å²) in [5.74, 6) is -1.83. The van der Waals surface area contributed by atoms with E-state index in [1.807, 2.05) is 13.0 Å². The molecule has 2 rings (SSSR count). The number of carbonyl (C=O) groups is 2. The minimum atomic E-state index is -0.921. The quantitative estimate of drug-likeness (QED) is 0.524. The van der Waals surface area contributed by atoms with Crippen molar-refractivity contribution in [3.63, 3.8) is 0 Å². The molecule has 28 heavy (non-hydrogen) atoms. The molecule has 2 amide bonds. The SMILES string of the molecule is C/C=C/CNC(=O)C(Cc1cc(F)cc(F)c1)NC(=O)/C=C/C1CCCCC1. The lowest BCUT2D eigenvalue weighted by atomic mass is 9.89. The summed E-state index contributed by atoms with van der Waals surface area (Å²) in [6.07, 6.45) is 12.6.